The molecule has 1 aromatic carbocycles. The summed E-state index contributed by atoms with van der Waals surface area (Å²) in [6.07, 6.45) is 1.34. The Morgan fingerprint density at radius 1 is 1.20 bits per heavy atom. The highest BCUT2D eigenvalue weighted by Gasteiger charge is 2.07. The van der Waals surface area contributed by atoms with E-state index in [9.17, 15) is 5.11 Å². The molecule has 0 aliphatic heterocycles. The number of ether oxygens (including phenoxy) is 1. The normalized spacial score (nSPS) is 12.9. The van der Waals surface area contributed by atoms with Crippen LogP contribution in [0.25, 0.3) is 0 Å². The molecule has 1 rings (SSSR count). The van der Waals surface area contributed by atoms with Crippen LogP contribution in [0.2, 0.25) is 0 Å². The Morgan fingerprint density at radius 3 is 2.27 bits per heavy atom. The molecule has 1 N–H and O–H groups in total. The molecule has 84 valence electrons. The molecule has 0 spiro atoms. The number of benzene rings is 1. The van der Waals surface area contributed by atoms with Crippen molar-refractivity contribution in [3.8, 4) is 5.75 Å². The zero-order chi connectivity index (χ0) is 11.3. The van der Waals surface area contributed by atoms with Gasteiger partial charge in [0.2, 0.25) is 0 Å². The lowest BCUT2D eigenvalue weighted by atomic mass is 10.00. The lowest BCUT2D eigenvalue weighted by Crippen LogP contribution is -2.13. The minimum absolute atomic E-state index is 0.238. The third-order valence-corrected chi connectivity index (χ3v) is 2.37. The Kier molecular flexibility index (Phi) is 4.63. The highest BCUT2D eigenvalue weighted by atomic mass is 16.5. The highest BCUT2D eigenvalue weighted by Crippen LogP contribution is 2.15. The molecule has 1 unspecified atom stereocenters. The van der Waals surface area contributed by atoms with Crippen LogP contribution in [0, 0.1) is 5.92 Å². The average Bonchev–Trinajstić information content (AvgIpc) is 2.17. The number of hydrogen-bond donors (Lipinski definition) is 1. The number of rotatable bonds is 5. The SMILES string of the molecule is COc1ccc(CC(O)CC(C)C)cc1. The third kappa shape index (κ3) is 4.34. The van der Waals surface area contributed by atoms with Gasteiger partial charge < -0.3 is 9.84 Å². The molecule has 1 atom stereocenters. The van der Waals surface area contributed by atoms with Gasteiger partial charge in [-0.1, -0.05) is 26.0 Å². The summed E-state index contributed by atoms with van der Waals surface area (Å²) in [7, 11) is 1.66. The lowest BCUT2D eigenvalue weighted by molar-refractivity contribution is 0.149. The summed E-state index contributed by atoms with van der Waals surface area (Å²) in [5.41, 5.74) is 1.16. The van der Waals surface area contributed by atoms with Crippen LogP contribution in [0.3, 0.4) is 0 Å². The van der Waals surface area contributed by atoms with Gasteiger partial charge >= 0.3 is 0 Å². The van der Waals surface area contributed by atoms with E-state index in [1.165, 1.54) is 0 Å². The van der Waals surface area contributed by atoms with Gasteiger partial charge in [0.05, 0.1) is 13.2 Å². The van der Waals surface area contributed by atoms with Crippen LogP contribution in [-0.4, -0.2) is 18.3 Å². The zero-order valence-electron chi connectivity index (χ0n) is 9.73. The second-order valence-corrected chi connectivity index (χ2v) is 4.34. The molecular formula is C13H20O2. The van der Waals surface area contributed by atoms with Crippen LogP contribution in [0.5, 0.6) is 5.75 Å². The minimum atomic E-state index is -0.238. The number of aliphatic hydroxyl groups excluding tert-OH is 1. The predicted octanol–water partition coefficient (Wildman–Crippen LogP) is 2.64. The standard InChI is InChI=1S/C13H20O2/c1-10(2)8-12(14)9-11-4-6-13(15-3)7-5-11/h4-7,10,12,14H,8-9H2,1-3H3. The third-order valence-electron chi connectivity index (χ3n) is 2.37. The molecule has 0 aromatic heterocycles. The van der Waals surface area contributed by atoms with Crippen molar-refractivity contribution in [3.05, 3.63) is 29.8 Å². The molecule has 1 aromatic rings. The quantitative estimate of drug-likeness (QED) is 0.806. The van der Waals surface area contributed by atoms with E-state index in [2.05, 4.69) is 13.8 Å². The smallest absolute Gasteiger partial charge is 0.118 e. The van der Waals surface area contributed by atoms with E-state index in [1.54, 1.807) is 7.11 Å². The van der Waals surface area contributed by atoms with Crippen LogP contribution >= 0.6 is 0 Å². The van der Waals surface area contributed by atoms with E-state index < -0.39 is 0 Å². The van der Waals surface area contributed by atoms with Gasteiger partial charge in [-0.05, 0) is 36.5 Å². The largest absolute Gasteiger partial charge is 0.497 e. The van der Waals surface area contributed by atoms with Crippen molar-refractivity contribution in [1.82, 2.24) is 0 Å². The van der Waals surface area contributed by atoms with Gasteiger partial charge in [-0.3, -0.25) is 0 Å². The van der Waals surface area contributed by atoms with Crippen molar-refractivity contribution in [1.29, 1.82) is 0 Å². The Morgan fingerprint density at radius 2 is 1.80 bits per heavy atom. The first-order chi connectivity index (χ1) is 7.11. The lowest BCUT2D eigenvalue weighted by Gasteiger charge is -2.13. The first-order valence-electron chi connectivity index (χ1n) is 5.42. The molecule has 0 bridgehead atoms. The summed E-state index contributed by atoms with van der Waals surface area (Å²) < 4.78 is 5.08. The summed E-state index contributed by atoms with van der Waals surface area (Å²) in [4.78, 5) is 0. The van der Waals surface area contributed by atoms with E-state index in [0.717, 1.165) is 24.2 Å². The number of hydrogen-bond acceptors (Lipinski definition) is 2. The van der Waals surface area contributed by atoms with Gasteiger partial charge in [-0.25, -0.2) is 0 Å². The van der Waals surface area contributed by atoms with E-state index in [4.69, 9.17) is 4.74 Å². The Balaban J connectivity index is 2.49. The second-order valence-electron chi connectivity index (χ2n) is 4.34. The van der Waals surface area contributed by atoms with E-state index in [0.29, 0.717) is 5.92 Å². The first kappa shape index (κ1) is 12.1. The summed E-state index contributed by atoms with van der Waals surface area (Å²) in [6, 6.07) is 7.86. The van der Waals surface area contributed by atoms with Crippen molar-refractivity contribution in [2.75, 3.05) is 7.11 Å². The molecule has 2 nitrogen and oxygen atoms in total. The molecule has 0 amide bonds. The van der Waals surface area contributed by atoms with Gasteiger partial charge in [0.15, 0.2) is 0 Å². The minimum Gasteiger partial charge on any atom is -0.497 e. The highest BCUT2D eigenvalue weighted by molar-refractivity contribution is 5.27. The van der Waals surface area contributed by atoms with Crippen LogP contribution in [0.4, 0.5) is 0 Å². The van der Waals surface area contributed by atoms with Crippen molar-refractivity contribution in [2.45, 2.75) is 32.8 Å². The monoisotopic (exact) mass is 208 g/mol. The summed E-state index contributed by atoms with van der Waals surface area (Å²) in [6.45, 7) is 4.24. The van der Waals surface area contributed by atoms with Crippen molar-refractivity contribution >= 4 is 0 Å². The molecule has 2 heteroatoms. The van der Waals surface area contributed by atoms with Gasteiger partial charge in [-0.2, -0.15) is 0 Å². The Hall–Kier alpha value is -1.02. The molecule has 0 aliphatic carbocycles. The molecular weight excluding hydrogens is 188 g/mol. The number of methoxy groups -OCH3 is 1. The van der Waals surface area contributed by atoms with Gasteiger partial charge in [-0.15, -0.1) is 0 Å². The van der Waals surface area contributed by atoms with Gasteiger partial charge in [0.25, 0.3) is 0 Å². The van der Waals surface area contributed by atoms with Gasteiger partial charge in [0.1, 0.15) is 5.75 Å². The molecule has 0 aliphatic rings. The maximum Gasteiger partial charge on any atom is 0.118 e. The molecule has 0 heterocycles. The molecule has 15 heavy (non-hydrogen) atoms. The number of aliphatic hydroxyl groups is 1. The van der Waals surface area contributed by atoms with Gasteiger partial charge in [0, 0.05) is 0 Å². The fourth-order valence-electron chi connectivity index (χ4n) is 1.66. The van der Waals surface area contributed by atoms with Crippen molar-refractivity contribution in [3.63, 3.8) is 0 Å². The van der Waals surface area contributed by atoms with Crippen LogP contribution in [-0.2, 0) is 6.42 Å². The average molecular weight is 208 g/mol. The van der Waals surface area contributed by atoms with E-state index in [1.807, 2.05) is 24.3 Å². The molecule has 0 fully saturated rings. The predicted molar refractivity (Wildman–Crippen MR) is 62.2 cm³/mol. The maximum atomic E-state index is 9.77. The van der Waals surface area contributed by atoms with Crippen LogP contribution in [0.1, 0.15) is 25.8 Å². The zero-order valence-corrected chi connectivity index (χ0v) is 9.73. The van der Waals surface area contributed by atoms with Crippen LogP contribution in [0.15, 0.2) is 24.3 Å². The first-order valence-corrected chi connectivity index (χ1v) is 5.42. The molecule has 0 saturated carbocycles. The maximum absolute atomic E-state index is 9.77. The fraction of sp³-hybridized carbons (Fsp3) is 0.538. The summed E-state index contributed by atoms with van der Waals surface area (Å²) in [5.74, 6) is 1.40. The molecule has 0 radical (unpaired) electrons. The Labute approximate surface area is 91.9 Å². The van der Waals surface area contributed by atoms with Crippen molar-refractivity contribution < 1.29 is 9.84 Å². The van der Waals surface area contributed by atoms with E-state index >= 15 is 0 Å². The summed E-state index contributed by atoms with van der Waals surface area (Å²) >= 11 is 0. The summed E-state index contributed by atoms with van der Waals surface area (Å²) in [5, 5.41) is 9.77. The molecule has 0 saturated heterocycles. The van der Waals surface area contributed by atoms with E-state index in [-0.39, 0.29) is 6.10 Å². The fourth-order valence-corrected chi connectivity index (χ4v) is 1.66. The second kappa shape index (κ2) is 5.76. The van der Waals surface area contributed by atoms with Crippen LogP contribution < -0.4 is 4.74 Å². The Bertz CT molecular complexity index is 277. The topological polar surface area (TPSA) is 29.5 Å². The van der Waals surface area contributed by atoms with Crippen molar-refractivity contribution in [2.24, 2.45) is 5.92 Å².